The second kappa shape index (κ2) is 5.57. The highest BCUT2D eigenvalue weighted by atomic mass is 79.9. The van der Waals surface area contributed by atoms with Crippen molar-refractivity contribution in [2.45, 2.75) is 46.5 Å². The zero-order chi connectivity index (χ0) is 16.9. The molecule has 2 nitrogen and oxygen atoms in total. The molecule has 122 valence electrons. The Bertz CT molecular complexity index is 696. The van der Waals surface area contributed by atoms with Gasteiger partial charge in [-0.15, -0.1) is 0 Å². The first-order valence-corrected chi connectivity index (χ1v) is 7.81. The van der Waals surface area contributed by atoms with Crippen LogP contribution in [-0.4, -0.2) is 10.7 Å². The molecule has 0 spiro atoms. The van der Waals surface area contributed by atoms with Crippen molar-refractivity contribution in [3.8, 4) is 0 Å². The van der Waals surface area contributed by atoms with E-state index in [9.17, 15) is 13.2 Å². The van der Waals surface area contributed by atoms with Gasteiger partial charge in [0.15, 0.2) is 0 Å². The first kappa shape index (κ1) is 17.3. The highest BCUT2D eigenvalue weighted by Crippen LogP contribution is 2.38. The summed E-state index contributed by atoms with van der Waals surface area (Å²) in [6, 6.07) is 1.50. The van der Waals surface area contributed by atoms with Crippen LogP contribution in [0.4, 0.5) is 13.2 Å². The molecule has 0 saturated heterocycles. The van der Waals surface area contributed by atoms with Gasteiger partial charge in [-0.2, -0.15) is 13.2 Å². The minimum absolute atomic E-state index is 0.0553. The fourth-order valence-corrected chi connectivity index (χ4v) is 2.96. The summed E-state index contributed by atoms with van der Waals surface area (Å²) in [4.78, 5) is 0. The molecule has 6 heteroatoms. The summed E-state index contributed by atoms with van der Waals surface area (Å²) in [7, 11) is 0. The summed E-state index contributed by atoms with van der Waals surface area (Å²) in [5.74, 6) is 0. The number of nitrogens with zero attached hydrogens (tertiary/aromatic N) is 1. The molecule has 0 aliphatic heterocycles. The smallest absolute Gasteiger partial charge is 0.346 e. The Hall–Kier alpha value is -1.01. The van der Waals surface area contributed by atoms with Crippen molar-refractivity contribution in [1.29, 1.82) is 0 Å². The number of aryl methyl sites for hydroxylation is 1. The van der Waals surface area contributed by atoms with Gasteiger partial charge in [0.2, 0.25) is 0 Å². The molecule has 0 bridgehead atoms. The molecule has 1 heterocycles. The molecule has 0 aliphatic rings. The van der Waals surface area contributed by atoms with E-state index in [4.69, 9.17) is 5.73 Å². The van der Waals surface area contributed by atoms with Crippen LogP contribution in [0, 0.1) is 12.3 Å². The predicted molar refractivity (Wildman–Crippen MR) is 86.8 cm³/mol. The van der Waals surface area contributed by atoms with Crippen molar-refractivity contribution in [3.05, 3.63) is 33.9 Å². The molecule has 0 aliphatic carbocycles. The SMILES string of the molecule is Cc1c(Br)ccc2c([C@H](N)C(F)(F)F)cn(CC(C)(C)C)c12. The maximum Gasteiger partial charge on any atom is 0.407 e. The van der Waals surface area contributed by atoms with Crippen LogP contribution in [0.25, 0.3) is 10.9 Å². The minimum atomic E-state index is -4.46. The van der Waals surface area contributed by atoms with E-state index in [1.165, 1.54) is 0 Å². The molecule has 0 unspecified atom stereocenters. The maximum absolute atomic E-state index is 13.0. The van der Waals surface area contributed by atoms with Crippen molar-refractivity contribution >= 4 is 26.8 Å². The fourth-order valence-electron chi connectivity index (χ4n) is 2.64. The molecule has 22 heavy (non-hydrogen) atoms. The van der Waals surface area contributed by atoms with Gasteiger partial charge in [0.1, 0.15) is 6.04 Å². The average Bonchev–Trinajstić information content (AvgIpc) is 2.68. The summed E-state index contributed by atoms with van der Waals surface area (Å²) in [5, 5.41) is 0.565. The second-order valence-electron chi connectivity index (χ2n) is 6.86. The van der Waals surface area contributed by atoms with Crippen molar-refractivity contribution in [3.63, 3.8) is 0 Å². The molecular weight excluding hydrogens is 357 g/mol. The number of halogens is 4. The van der Waals surface area contributed by atoms with Crippen LogP contribution < -0.4 is 5.73 Å². The second-order valence-corrected chi connectivity index (χ2v) is 7.72. The molecule has 1 atom stereocenters. The number of hydrogen-bond acceptors (Lipinski definition) is 1. The fraction of sp³-hybridized carbons (Fsp3) is 0.500. The standard InChI is InChI=1S/C16H20BrF3N2/c1-9-12(17)6-5-10-11(14(21)16(18,19)20)7-22(13(9)10)8-15(2,3)4/h5-7,14H,8,21H2,1-4H3/t14-/m0/s1. The average molecular weight is 377 g/mol. The Labute approximate surface area is 136 Å². The number of fused-ring (bicyclic) bond motifs is 1. The van der Waals surface area contributed by atoms with Crippen LogP contribution in [-0.2, 0) is 6.54 Å². The van der Waals surface area contributed by atoms with E-state index in [0.29, 0.717) is 11.9 Å². The van der Waals surface area contributed by atoms with Gasteiger partial charge < -0.3 is 10.3 Å². The van der Waals surface area contributed by atoms with Gasteiger partial charge >= 0.3 is 6.18 Å². The number of nitrogens with two attached hydrogens (primary N) is 1. The largest absolute Gasteiger partial charge is 0.407 e. The summed E-state index contributed by atoms with van der Waals surface area (Å²) >= 11 is 3.45. The Morgan fingerprint density at radius 2 is 1.82 bits per heavy atom. The van der Waals surface area contributed by atoms with E-state index in [2.05, 4.69) is 36.7 Å². The molecule has 2 aromatic rings. The lowest BCUT2D eigenvalue weighted by Gasteiger charge is -2.20. The van der Waals surface area contributed by atoms with Gasteiger partial charge in [0, 0.05) is 28.2 Å². The monoisotopic (exact) mass is 376 g/mol. The molecule has 0 amide bonds. The van der Waals surface area contributed by atoms with Crippen molar-refractivity contribution < 1.29 is 13.2 Å². The third-order valence-electron chi connectivity index (χ3n) is 3.59. The van der Waals surface area contributed by atoms with Gasteiger partial charge in [-0.3, -0.25) is 0 Å². The van der Waals surface area contributed by atoms with E-state index in [0.717, 1.165) is 15.6 Å². The van der Waals surface area contributed by atoms with Crippen molar-refractivity contribution in [2.75, 3.05) is 0 Å². The van der Waals surface area contributed by atoms with Gasteiger partial charge in [-0.05, 0) is 24.0 Å². The van der Waals surface area contributed by atoms with E-state index in [1.807, 2.05) is 11.5 Å². The number of alkyl halides is 3. The molecule has 2 N–H and O–H groups in total. The van der Waals surface area contributed by atoms with Gasteiger partial charge in [0.05, 0.1) is 5.52 Å². The summed E-state index contributed by atoms with van der Waals surface area (Å²) in [6.45, 7) is 8.67. The van der Waals surface area contributed by atoms with Gasteiger partial charge in [-0.25, -0.2) is 0 Å². The van der Waals surface area contributed by atoms with Crippen molar-refractivity contribution in [1.82, 2.24) is 4.57 Å². The highest BCUT2D eigenvalue weighted by molar-refractivity contribution is 9.10. The van der Waals surface area contributed by atoms with Gasteiger partial charge in [0.25, 0.3) is 0 Å². The minimum Gasteiger partial charge on any atom is -0.346 e. The number of aromatic nitrogens is 1. The normalized spacial score (nSPS) is 14.6. The summed E-state index contributed by atoms with van der Waals surface area (Å²) in [5.41, 5.74) is 7.25. The lowest BCUT2D eigenvalue weighted by Crippen LogP contribution is -2.28. The van der Waals surface area contributed by atoms with Crippen LogP contribution in [0.2, 0.25) is 0 Å². The maximum atomic E-state index is 13.0. The van der Waals surface area contributed by atoms with Crippen LogP contribution >= 0.6 is 15.9 Å². The Kier molecular flexibility index (Phi) is 4.39. The Morgan fingerprint density at radius 3 is 2.32 bits per heavy atom. The quantitative estimate of drug-likeness (QED) is 0.755. The van der Waals surface area contributed by atoms with E-state index in [-0.39, 0.29) is 11.0 Å². The van der Waals surface area contributed by atoms with E-state index >= 15 is 0 Å². The van der Waals surface area contributed by atoms with Gasteiger partial charge in [-0.1, -0.05) is 42.8 Å². The van der Waals surface area contributed by atoms with Crippen LogP contribution in [0.3, 0.4) is 0 Å². The molecule has 2 rings (SSSR count). The summed E-state index contributed by atoms with van der Waals surface area (Å²) < 4.78 is 41.9. The first-order chi connectivity index (χ1) is 9.92. The number of rotatable bonds is 2. The first-order valence-electron chi connectivity index (χ1n) is 7.02. The number of hydrogen-bond donors (Lipinski definition) is 1. The zero-order valence-corrected chi connectivity index (χ0v) is 14.6. The lowest BCUT2D eigenvalue weighted by atomic mass is 9.97. The molecule has 0 radical (unpaired) electrons. The lowest BCUT2D eigenvalue weighted by molar-refractivity contribution is -0.148. The molecule has 0 fully saturated rings. The molecule has 0 saturated carbocycles. The van der Waals surface area contributed by atoms with Crippen LogP contribution in [0.15, 0.2) is 22.8 Å². The third-order valence-corrected chi connectivity index (χ3v) is 4.45. The molecule has 1 aromatic carbocycles. The van der Waals surface area contributed by atoms with Crippen LogP contribution in [0.1, 0.15) is 37.9 Å². The topological polar surface area (TPSA) is 30.9 Å². The zero-order valence-electron chi connectivity index (χ0n) is 13.1. The van der Waals surface area contributed by atoms with E-state index in [1.54, 1.807) is 18.3 Å². The highest BCUT2D eigenvalue weighted by Gasteiger charge is 2.39. The van der Waals surface area contributed by atoms with Crippen molar-refractivity contribution in [2.24, 2.45) is 11.1 Å². The third kappa shape index (κ3) is 3.33. The Morgan fingerprint density at radius 1 is 1.23 bits per heavy atom. The Balaban J connectivity index is 2.72. The van der Waals surface area contributed by atoms with Crippen LogP contribution in [0.5, 0.6) is 0 Å². The van der Waals surface area contributed by atoms with E-state index < -0.39 is 12.2 Å². The molecular formula is C16H20BrF3N2. The number of benzene rings is 1. The molecule has 1 aromatic heterocycles. The summed E-state index contributed by atoms with van der Waals surface area (Å²) in [6.07, 6.45) is -2.91. The predicted octanol–water partition coefficient (Wildman–Crippen LogP) is 5.32.